The fourth-order valence-corrected chi connectivity index (χ4v) is 3.54. The van der Waals surface area contributed by atoms with Crippen molar-refractivity contribution >= 4 is 29.1 Å². The minimum atomic E-state index is -0.306. The summed E-state index contributed by atoms with van der Waals surface area (Å²) in [6.45, 7) is 10.1. The normalized spacial score (nSPS) is 14.7. The molecule has 2 amide bonds. The molecule has 8 heteroatoms. The molecule has 2 aromatic rings. The van der Waals surface area contributed by atoms with Gasteiger partial charge < -0.3 is 15.4 Å². The van der Waals surface area contributed by atoms with Gasteiger partial charge in [0.05, 0.1) is 19.8 Å². The van der Waals surface area contributed by atoms with E-state index < -0.39 is 0 Å². The van der Waals surface area contributed by atoms with Crippen molar-refractivity contribution in [1.82, 2.24) is 10.2 Å². The van der Waals surface area contributed by atoms with Gasteiger partial charge in [-0.15, -0.1) is 0 Å². The van der Waals surface area contributed by atoms with Crippen LogP contribution in [0.1, 0.15) is 28.4 Å². The van der Waals surface area contributed by atoms with E-state index in [1.807, 2.05) is 26.0 Å². The highest BCUT2D eigenvalue weighted by molar-refractivity contribution is 6.10. The Balaban J connectivity index is 1.73. The average molecular weight is 438 g/mol. The van der Waals surface area contributed by atoms with E-state index in [0.717, 1.165) is 49.7 Å². The van der Waals surface area contributed by atoms with Gasteiger partial charge in [0.25, 0.3) is 5.91 Å². The SMILES string of the molecule is CC(=O)Nc1cccc(C(=O)NC(=NCCN2CCOCC2)Nc2cc(C)cc(C)c2)c1. The molecule has 3 N–H and O–H groups in total. The van der Waals surface area contributed by atoms with Gasteiger partial charge in [-0.3, -0.25) is 24.8 Å². The second-order valence-electron chi connectivity index (χ2n) is 7.90. The van der Waals surface area contributed by atoms with Gasteiger partial charge in [0, 0.05) is 43.5 Å². The highest BCUT2D eigenvalue weighted by atomic mass is 16.5. The highest BCUT2D eigenvalue weighted by Gasteiger charge is 2.13. The van der Waals surface area contributed by atoms with E-state index in [9.17, 15) is 9.59 Å². The van der Waals surface area contributed by atoms with E-state index in [-0.39, 0.29) is 11.8 Å². The Bertz CT molecular complexity index is 963. The number of hydrogen-bond donors (Lipinski definition) is 3. The second-order valence-corrected chi connectivity index (χ2v) is 7.90. The maximum atomic E-state index is 12.9. The number of aryl methyl sites for hydroxylation is 2. The van der Waals surface area contributed by atoms with Crippen molar-refractivity contribution in [2.45, 2.75) is 20.8 Å². The van der Waals surface area contributed by atoms with Gasteiger partial charge in [0.1, 0.15) is 0 Å². The van der Waals surface area contributed by atoms with Gasteiger partial charge in [0.15, 0.2) is 0 Å². The molecule has 1 saturated heterocycles. The zero-order valence-electron chi connectivity index (χ0n) is 18.9. The van der Waals surface area contributed by atoms with Crippen molar-refractivity contribution < 1.29 is 14.3 Å². The van der Waals surface area contributed by atoms with E-state index in [2.05, 4.69) is 31.9 Å². The Morgan fingerprint density at radius 3 is 2.41 bits per heavy atom. The smallest absolute Gasteiger partial charge is 0.258 e. The standard InChI is InChI=1S/C24H31N5O3/c1-17-13-18(2)15-22(14-17)27-24(25-7-8-29-9-11-32-12-10-29)28-23(31)20-5-4-6-21(16-20)26-19(3)30/h4-6,13-16H,7-12H2,1-3H3,(H,26,30)(H2,25,27,28,31). The molecule has 0 spiro atoms. The molecule has 8 nitrogen and oxygen atoms in total. The van der Waals surface area contributed by atoms with Gasteiger partial charge in [-0.1, -0.05) is 12.1 Å². The number of carbonyl (C=O) groups is 2. The Hall–Kier alpha value is -3.23. The van der Waals surface area contributed by atoms with E-state index in [1.165, 1.54) is 6.92 Å². The molecule has 0 aromatic heterocycles. The maximum absolute atomic E-state index is 12.9. The summed E-state index contributed by atoms with van der Waals surface area (Å²) in [5.41, 5.74) is 4.10. The lowest BCUT2D eigenvalue weighted by Gasteiger charge is -2.25. The fourth-order valence-electron chi connectivity index (χ4n) is 3.54. The van der Waals surface area contributed by atoms with Crippen molar-refractivity contribution in [3.8, 4) is 0 Å². The minimum absolute atomic E-state index is 0.190. The summed E-state index contributed by atoms with van der Waals surface area (Å²) in [6, 6.07) is 12.9. The summed E-state index contributed by atoms with van der Waals surface area (Å²) >= 11 is 0. The molecule has 0 saturated carbocycles. The van der Waals surface area contributed by atoms with Crippen LogP contribution < -0.4 is 16.0 Å². The molecule has 170 valence electrons. The maximum Gasteiger partial charge on any atom is 0.258 e. The van der Waals surface area contributed by atoms with Gasteiger partial charge in [-0.2, -0.15) is 0 Å². The fraction of sp³-hybridized carbons (Fsp3) is 0.375. The Labute approximate surface area is 189 Å². The van der Waals surface area contributed by atoms with Crippen LogP contribution in [0.15, 0.2) is 47.5 Å². The van der Waals surface area contributed by atoms with E-state index in [4.69, 9.17) is 4.74 Å². The van der Waals surface area contributed by atoms with Gasteiger partial charge in [-0.25, -0.2) is 0 Å². The zero-order valence-corrected chi connectivity index (χ0v) is 18.9. The van der Waals surface area contributed by atoms with Crippen LogP contribution in [0.25, 0.3) is 0 Å². The number of morpholine rings is 1. The molecular weight excluding hydrogens is 406 g/mol. The molecule has 0 unspecified atom stereocenters. The number of hydrogen-bond acceptors (Lipinski definition) is 5. The molecule has 1 aliphatic rings. The number of carbonyl (C=O) groups excluding carboxylic acids is 2. The number of aliphatic imine (C=N–C) groups is 1. The minimum Gasteiger partial charge on any atom is -0.379 e. The molecular formula is C24H31N5O3. The summed E-state index contributed by atoms with van der Waals surface area (Å²) in [5.74, 6) is -0.109. The topological polar surface area (TPSA) is 95.1 Å². The number of nitrogens with one attached hydrogen (secondary N) is 3. The lowest BCUT2D eigenvalue weighted by molar-refractivity contribution is -0.114. The van der Waals surface area contributed by atoms with E-state index in [0.29, 0.717) is 23.8 Å². The number of guanidine groups is 1. The van der Waals surface area contributed by atoms with E-state index in [1.54, 1.807) is 24.3 Å². The molecule has 3 rings (SSSR count). The lowest BCUT2D eigenvalue weighted by atomic mass is 10.1. The first-order valence-electron chi connectivity index (χ1n) is 10.8. The third-order valence-corrected chi connectivity index (χ3v) is 4.95. The van der Waals surface area contributed by atoms with Crippen molar-refractivity contribution in [2.24, 2.45) is 4.99 Å². The monoisotopic (exact) mass is 437 g/mol. The van der Waals surface area contributed by atoms with Crippen LogP contribution in [0.5, 0.6) is 0 Å². The number of rotatable bonds is 6. The largest absolute Gasteiger partial charge is 0.379 e. The summed E-state index contributed by atoms with van der Waals surface area (Å²) < 4.78 is 5.39. The van der Waals surface area contributed by atoms with Crippen LogP contribution in [-0.2, 0) is 9.53 Å². The molecule has 32 heavy (non-hydrogen) atoms. The molecule has 0 aliphatic carbocycles. The molecule has 1 aliphatic heterocycles. The number of anilines is 2. The predicted molar refractivity (Wildman–Crippen MR) is 127 cm³/mol. The first-order valence-corrected chi connectivity index (χ1v) is 10.8. The second kappa shape index (κ2) is 11.4. The van der Waals surface area contributed by atoms with Crippen LogP contribution in [0.3, 0.4) is 0 Å². The third kappa shape index (κ3) is 7.47. The summed E-state index contributed by atoms with van der Waals surface area (Å²) in [7, 11) is 0. The third-order valence-electron chi connectivity index (χ3n) is 4.95. The molecule has 0 radical (unpaired) electrons. The summed E-state index contributed by atoms with van der Waals surface area (Å²) in [5, 5.41) is 8.83. The predicted octanol–water partition coefficient (Wildman–Crippen LogP) is 2.79. The lowest BCUT2D eigenvalue weighted by Crippen LogP contribution is -2.39. The number of nitrogens with zero attached hydrogens (tertiary/aromatic N) is 2. The van der Waals surface area contributed by atoms with Crippen molar-refractivity contribution in [2.75, 3.05) is 50.0 Å². The molecule has 0 bridgehead atoms. The van der Waals surface area contributed by atoms with Crippen LogP contribution >= 0.6 is 0 Å². The Morgan fingerprint density at radius 2 is 1.72 bits per heavy atom. The quantitative estimate of drug-likeness (QED) is 0.477. The average Bonchev–Trinajstić information content (AvgIpc) is 2.73. The summed E-state index contributed by atoms with van der Waals surface area (Å²) in [6.07, 6.45) is 0. The Morgan fingerprint density at radius 1 is 1.00 bits per heavy atom. The van der Waals surface area contributed by atoms with E-state index >= 15 is 0 Å². The van der Waals surface area contributed by atoms with Crippen LogP contribution in [0.4, 0.5) is 11.4 Å². The van der Waals surface area contributed by atoms with Crippen LogP contribution in [0.2, 0.25) is 0 Å². The molecule has 1 fully saturated rings. The first-order chi connectivity index (χ1) is 15.4. The van der Waals surface area contributed by atoms with Gasteiger partial charge >= 0.3 is 0 Å². The van der Waals surface area contributed by atoms with Crippen molar-refractivity contribution in [3.63, 3.8) is 0 Å². The molecule has 0 atom stereocenters. The Kier molecular flexibility index (Phi) is 8.35. The number of ether oxygens (including phenoxy) is 1. The molecule has 2 aromatic carbocycles. The highest BCUT2D eigenvalue weighted by Crippen LogP contribution is 2.14. The molecule has 1 heterocycles. The number of benzene rings is 2. The van der Waals surface area contributed by atoms with Crippen LogP contribution in [-0.4, -0.2) is 62.1 Å². The van der Waals surface area contributed by atoms with Gasteiger partial charge in [0.2, 0.25) is 11.9 Å². The van der Waals surface area contributed by atoms with Crippen molar-refractivity contribution in [1.29, 1.82) is 0 Å². The van der Waals surface area contributed by atoms with Gasteiger partial charge in [-0.05, 0) is 55.3 Å². The summed E-state index contributed by atoms with van der Waals surface area (Å²) in [4.78, 5) is 31.2. The zero-order chi connectivity index (χ0) is 22.9. The first kappa shape index (κ1) is 23.4. The number of amides is 2. The van der Waals surface area contributed by atoms with Crippen LogP contribution in [0, 0.1) is 13.8 Å². The van der Waals surface area contributed by atoms with Crippen molar-refractivity contribution in [3.05, 3.63) is 59.2 Å².